The number of hydrogen-bond donors (Lipinski definition) is 1. The average molecular weight is 254 g/mol. The van der Waals surface area contributed by atoms with Gasteiger partial charge in [0.25, 0.3) is 0 Å². The van der Waals surface area contributed by atoms with Gasteiger partial charge in [-0.25, -0.2) is 0 Å². The second kappa shape index (κ2) is 4.14. The Bertz CT molecular complexity index is 527. The van der Waals surface area contributed by atoms with Crippen LogP contribution in [0.3, 0.4) is 0 Å². The minimum atomic E-state index is -3.69. The van der Waals surface area contributed by atoms with Gasteiger partial charge in [0, 0.05) is 12.6 Å². The lowest BCUT2D eigenvalue weighted by atomic mass is 10.2. The summed E-state index contributed by atoms with van der Waals surface area (Å²) >= 11 is 0. The maximum atomic E-state index is 11.8. The van der Waals surface area contributed by atoms with E-state index >= 15 is 0 Å². The Morgan fingerprint density at radius 1 is 1.35 bits per heavy atom. The predicted octanol–water partition coefficient (Wildman–Crippen LogP) is 0.581. The molecule has 1 aliphatic rings. The molecule has 1 heterocycles. The molecule has 1 unspecified atom stereocenters. The molecule has 2 rings (SSSR count). The summed E-state index contributed by atoms with van der Waals surface area (Å²) in [6.07, 6.45) is 3.37. The van der Waals surface area contributed by atoms with Crippen molar-refractivity contribution >= 4 is 10.2 Å². The minimum absolute atomic E-state index is 0.256. The van der Waals surface area contributed by atoms with Crippen LogP contribution in [0.5, 0.6) is 0 Å². The molecule has 0 fully saturated rings. The summed E-state index contributed by atoms with van der Waals surface area (Å²) in [4.78, 5) is 1.81. The zero-order valence-corrected chi connectivity index (χ0v) is 10.5. The van der Waals surface area contributed by atoms with E-state index in [2.05, 4.69) is 0 Å². The molecule has 0 saturated heterocycles. The summed E-state index contributed by atoms with van der Waals surface area (Å²) in [6.45, 7) is 0.689. The molecule has 0 aromatic heterocycles. The van der Waals surface area contributed by atoms with Crippen LogP contribution in [0.2, 0.25) is 0 Å². The van der Waals surface area contributed by atoms with E-state index in [0.29, 0.717) is 13.2 Å². The second-order valence-corrected chi connectivity index (χ2v) is 6.06. The van der Waals surface area contributed by atoms with Crippen LogP contribution in [0.25, 0.3) is 0 Å². The maximum absolute atomic E-state index is 11.8. The number of nitrogens with zero attached hydrogens (tertiary/aromatic N) is 2. The van der Waals surface area contributed by atoms with E-state index in [4.69, 9.17) is 5.14 Å². The Balaban J connectivity index is 2.35. The molecule has 17 heavy (non-hydrogen) atoms. The zero-order valence-electron chi connectivity index (χ0n) is 9.65. The van der Waals surface area contributed by atoms with E-state index in [1.54, 1.807) is 12.4 Å². The largest absolute Gasteiger partial charge is 0.373 e. The van der Waals surface area contributed by atoms with Crippen LogP contribution < -0.4 is 5.14 Å². The highest BCUT2D eigenvalue weighted by atomic mass is 32.2. The van der Waals surface area contributed by atoms with Gasteiger partial charge < -0.3 is 4.90 Å². The van der Waals surface area contributed by atoms with Crippen molar-refractivity contribution in [2.45, 2.75) is 6.54 Å². The molecule has 5 nitrogen and oxygen atoms in total. The highest BCUT2D eigenvalue weighted by molar-refractivity contribution is 7.83. The molecule has 0 saturated carbocycles. The van der Waals surface area contributed by atoms with E-state index in [9.17, 15) is 8.42 Å². The topological polar surface area (TPSA) is 63.4 Å². The summed E-state index contributed by atoms with van der Waals surface area (Å²) in [5, 5.41) is 5.35. The van der Waals surface area contributed by atoms with E-state index < -0.39 is 10.2 Å². The van der Waals surface area contributed by atoms with Gasteiger partial charge in [0.1, 0.15) is 12.7 Å². The first kappa shape index (κ1) is 12.1. The van der Waals surface area contributed by atoms with Gasteiger partial charge in [0.15, 0.2) is 6.67 Å². The highest BCUT2D eigenvalue weighted by Crippen LogP contribution is 2.24. The standard InChI is InChI=1S/C11H16N3O2S/c1-13-7-8-14(10-13,17(12,15)16)9-11-5-3-2-4-6-11/h2-8H,9-10H2,1H3,(H2,12,15,16)/q+1. The fraction of sp³-hybridized carbons (Fsp3) is 0.273. The third-order valence-corrected chi connectivity index (χ3v) is 4.24. The summed E-state index contributed by atoms with van der Waals surface area (Å²) in [6, 6.07) is 9.47. The highest BCUT2D eigenvalue weighted by Gasteiger charge is 2.41. The van der Waals surface area contributed by atoms with Crippen LogP contribution in [0.15, 0.2) is 42.7 Å². The maximum Gasteiger partial charge on any atom is 0.373 e. The average Bonchev–Trinajstić information content (AvgIpc) is 2.62. The Morgan fingerprint density at radius 3 is 2.47 bits per heavy atom. The molecule has 2 N–H and O–H groups in total. The third-order valence-electron chi connectivity index (χ3n) is 2.86. The molecule has 1 aromatic rings. The smallest absolute Gasteiger partial charge is 0.328 e. The number of rotatable bonds is 3. The van der Waals surface area contributed by atoms with Crippen LogP contribution >= 0.6 is 0 Å². The van der Waals surface area contributed by atoms with E-state index in [0.717, 1.165) is 5.56 Å². The molecule has 0 bridgehead atoms. The summed E-state index contributed by atoms with van der Waals surface area (Å²) in [5.41, 5.74) is 0.946. The fourth-order valence-electron chi connectivity index (χ4n) is 1.96. The van der Waals surface area contributed by atoms with Crippen molar-refractivity contribution in [2.75, 3.05) is 13.7 Å². The number of nitrogens with two attached hydrogens (primary N) is 1. The third kappa shape index (κ3) is 2.33. The van der Waals surface area contributed by atoms with Crippen molar-refractivity contribution in [1.82, 2.24) is 4.90 Å². The van der Waals surface area contributed by atoms with Gasteiger partial charge in [0.2, 0.25) is 0 Å². The molecule has 1 aliphatic heterocycles. The van der Waals surface area contributed by atoms with Crippen molar-refractivity contribution in [3.8, 4) is 0 Å². The first-order valence-corrected chi connectivity index (χ1v) is 6.76. The van der Waals surface area contributed by atoms with Crippen LogP contribution in [0.4, 0.5) is 0 Å². The SMILES string of the molecule is CN1C=C[N+](Cc2ccccc2)(S(N)(=O)=O)C1. The van der Waals surface area contributed by atoms with Gasteiger partial charge in [-0.15, -0.1) is 0 Å². The van der Waals surface area contributed by atoms with Gasteiger partial charge in [-0.2, -0.15) is 17.4 Å². The minimum Gasteiger partial charge on any atom is -0.328 e. The van der Waals surface area contributed by atoms with E-state index in [1.807, 2.05) is 42.3 Å². The van der Waals surface area contributed by atoms with Gasteiger partial charge in [-0.1, -0.05) is 30.3 Å². The molecule has 6 heteroatoms. The van der Waals surface area contributed by atoms with Crippen LogP contribution in [0, 0.1) is 0 Å². The molecular formula is C11H16N3O2S+. The zero-order chi connectivity index (χ0) is 12.5. The van der Waals surface area contributed by atoms with Crippen molar-refractivity contribution in [3.05, 3.63) is 48.3 Å². The number of quaternary nitrogens is 1. The van der Waals surface area contributed by atoms with Crippen LogP contribution in [-0.4, -0.2) is 30.9 Å². The van der Waals surface area contributed by atoms with E-state index in [1.165, 1.54) is 0 Å². The second-order valence-electron chi connectivity index (χ2n) is 4.31. The van der Waals surface area contributed by atoms with Gasteiger partial charge in [-0.05, 0) is 0 Å². The van der Waals surface area contributed by atoms with Crippen molar-refractivity contribution < 1.29 is 12.3 Å². The first-order chi connectivity index (χ1) is 7.93. The molecule has 0 aliphatic carbocycles. The van der Waals surface area contributed by atoms with Crippen molar-refractivity contribution in [2.24, 2.45) is 5.14 Å². The lowest BCUT2D eigenvalue weighted by Crippen LogP contribution is -2.51. The Labute approximate surface area is 102 Å². The predicted molar refractivity (Wildman–Crippen MR) is 65.3 cm³/mol. The molecule has 0 radical (unpaired) electrons. The Hall–Kier alpha value is -1.37. The Kier molecular flexibility index (Phi) is 2.94. The number of benzene rings is 1. The number of hydrogen-bond acceptors (Lipinski definition) is 3. The molecule has 1 atom stereocenters. The van der Waals surface area contributed by atoms with Gasteiger partial charge >= 0.3 is 10.2 Å². The molecule has 92 valence electrons. The monoisotopic (exact) mass is 254 g/mol. The van der Waals surface area contributed by atoms with Crippen LogP contribution in [-0.2, 0) is 16.8 Å². The first-order valence-electron chi connectivity index (χ1n) is 5.26. The molecule has 1 aromatic carbocycles. The Morgan fingerprint density at radius 2 is 2.00 bits per heavy atom. The van der Waals surface area contributed by atoms with Gasteiger partial charge in [0.05, 0.1) is 6.20 Å². The van der Waals surface area contributed by atoms with E-state index in [-0.39, 0.29) is 3.89 Å². The van der Waals surface area contributed by atoms with Gasteiger partial charge in [-0.3, -0.25) is 0 Å². The summed E-state index contributed by atoms with van der Waals surface area (Å²) in [7, 11) is -1.86. The summed E-state index contributed by atoms with van der Waals surface area (Å²) in [5.74, 6) is 0. The lowest BCUT2D eigenvalue weighted by Gasteiger charge is -2.28. The fourth-order valence-corrected chi connectivity index (χ4v) is 2.85. The summed E-state index contributed by atoms with van der Waals surface area (Å²) < 4.78 is 23.3. The normalized spacial score (nSPS) is 24.2. The quantitative estimate of drug-likeness (QED) is 0.803. The van der Waals surface area contributed by atoms with Crippen LogP contribution in [0.1, 0.15) is 5.56 Å². The molecule has 0 amide bonds. The van der Waals surface area contributed by atoms with Crippen molar-refractivity contribution in [3.63, 3.8) is 0 Å². The molecule has 0 spiro atoms. The lowest BCUT2D eigenvalue weighted by molar-refractivity contribution is -0.769. The van der Waals surface area contributed by atoms with Crippen molar-refractivity contribution in [1.29, 1.82) is 0 Å². The molecular weight excluding hydrogens is 238 g/mol.